The molecule has 0 radical (unpaired) electrons. The SMILES string of the molecule is CC(NC(=O)Cc1ccc(C(=O)O)cc1)c1nc(C(C)(C)C)no1. The normalized spacial score (nSPS) is 12.7. The summed E-state index contributed by atoms with van der Waals surface area (Å²) in [6.45, 7) is 7.70. The van der Waals surface area contributed by atoms with E-state index in [4.69, 9.17) is 9.63 Å². The van der Waals surface area contributed by atoms with Crippen molar-refractivity contribution in [1.29, 1.82) is 0 Å². The fraction of sp³-hybridized carbons (Fsp3) is 0.412. The van der Waals surface area contributed by atoms with Gasteiger partial charge in [-0.15, -0.1) is 0 Å². The first-order valence-corrected chi connectivity index (χ1v) is 7.62. The molecule has 1 aromatic heterocycles. The van der Waals surface area contributed by atoms with E-state index in [-0.39, 0.29) is 23.3 Å². The molecule has 0 saturated heterocycles. The number of carbonyl (C=O) groups excluding carboxylic acids is 1. The predicted octanol–water partition coefficient (Wildman–Crippen LogP) is 2.49. The van der Waals surface area contributed by atoms with Gasteiger partial charge in [-0.25, -0.2) is 4.79 Å². The number of rotatable bonds is 5. The van der Waals surface area contributed by atoms with Crippen molar-refractivity contribution in [2.24, 2.45) is 0 Å². The Balaban J connectivity index is 1.96. The lowest BCUT2D eigenvalue weighted by molar-refractivity contribution is -0.121. The van der Waals surface area contributed by atoms with E-state index >= 15 is 0 Å². The van der Waals surface area contributed by atoms with Crippen molar-refractivity contribution in [1.82, 2.24) is 15.5 Å². The molecule has 2 N–H and O–H groups in total. The molecule has 7 nitrogen and oxygen atoms in total. The number of amides is 1. The Bertz CT molecular complexity index is 729. The van der Waals surface area contributed by atoms with Gasteiger partial charge in [-0.3, -0.25) is 4.79 Å². The number of carboxylic acids is 1. The number of hydrogen-bond donors (Lipinski definition) is 2. The number of nitrogens with one attached hydrogen (secondary N) is 1. The molecule has 0 aliphatic heterocycles. The number of nitrogens with zero attached hydrogens (tertiary/aromatic N) is 2. The van der Waals surface area contributed by atoms with E-state index in [1.54, 1.807) is 19.1 Å². The summed E-state index contributed by atoms with van der Waals surface area (Å²) in [5, 5.41) is 15.6. The monoisotopic (exact) mass is 331 g/mol. The second-order valence-corrected chi connectivity index (χ2v) is 6.67. The zero-order valence-electron chi connectivity index (χ0n) is 14.2. The van der Waals surface area contributed by atoms with Crippen LogP contribution in [-0.4, -0.2) is 27.1 Å². The van der Waals surface area contributed by atoms with Gasteiger partial charge in [-0.1, -0.05) is 38.1 Å². The molecule has 2 aromatic rings. The summed E-state index contributed by atoms with van der Waals surface area (Å²) < 4.78 is 5.21. The number of aromatic carboxylic acids is 1. The Hall–Kier alpha value is -2.70. The number of aromatic nitrogens is 2. The quantitative estimate of drug-likeness (QED) is 0.872. The van der Waals surface area contributed by atoms with Gasteiger partial charge in [0.05, 0.1) is 12.0 Å². The second kappa shape index (κ2) is 6.82. The maximum Gasteiger partial charge on any atom is 0.335 e. The maximum absolute atomic E-state index is 12.1. The lowest BCUT2D eigenvalue weighted by Crippen LogP contribution is -2.28. The minimum atomic E-state index is -0.995. The molecule has 128 valence electrons. The average molecular weight is 331 g/mol. The molecule has 1 unspecified atom stereocenters. The Morgan fingerprint density at radius 1 is 1.25 bits per heavy atom. The minimum Gasteiger partial charge on any atom is -0.478 e. The summed E-state index contributed by atoms with van der Waals surface area (Å²) >= 11 is 0. The Kier molecular flexibility index (Phi) is 5.02. The smallest absolute Gasteiger partial charge is 0.335 e. The lowest BCUT2D eigenvalue weighted by Gasteiger charge is -2.12. The van der Waals surface area contributed by atoms with Crippen molar-refractivity contribution < 1.29 is 19.2 Å². The molecule has 7 heteroatoms. The predicted molar refractivity (Wildman–Crippen MR) is 86.7 cm³/mol. The van der Waals surface area contributed by atoms with Crippen LogP contribution in [0, 0.1) is 0 Å². The summed E-state index contributed by atoms with van der Waals surface area (Å²) in [5.74, 6) is -0.260. The Labute approximate surface area is 140 Å². The Morgan fingerprint density at radius 2 is 1.88 bits per heavy atom. The summed E-state index contributed by atoms with van der Waals surface area (Å²) in [5.41, 5.74) is 0.691. The molecule has 0 saturated carbocycles. The first-order valence-electron chi connectivity index (χ1n) is 7.62. The molecule has 1 heterocycles. The van der Waals surface area contributed by atoms with Gasteiger partial charge in [0.15, 0.2) is 5.82 Å². The van der Waals surface area contributed by atoms with Gasteiger partial charge in [0, 0.05) is 5.41 Å². The van der Waals surface area contributed by atoms with Gasteiger partial charge in [-0.05, 0) is 24.6 Å². The molecule has 0 aliphatic carbocycles. The molecule has 0 spiro atoms. The zero-order valence-corrected chi connectivity index (χ0v) is 14.2. The second-order valence-electron chi connectivity index (χ2n) is 6.67. The van der Waals surface area contributed by atoms with Crippen LogP contribution in [0.4, 0.5) is 0 Å². The molecule has 1 aromatic carbocycles. The molecule has 2 rings (SSSR count). The van der Waals surface area contributed by atoms with Gasteiger partial charge in [0.2, 0.25) is 11.8 Å². The number of hydrogen-bond acceptors (Lipinski definition) is 5. The van der Waals surface area contributed by atoms with E-state index in [9.17, 15) is 9.59 Å². The van der Waals surface area contributed by atoms with Crippen LogP contribution in [0.15, 0.2) is 28.8 Å². The van der Waals surface area contributed by atoms with Crippen molar-refractivity contribution in [3.05, 3.63) is 47.1 Å². The van der Waals surface area contributed by atoms with Crippen molar-refractivity contribution in [3.8, 4) is 0 Å². The minimum absolute atomic E-state index is 0.143. The summed E-state index contributed by atoms with van der Waals surface area (Å²) in [7, 11) is 0. The highest BCUT2D eigenvalue weighted by Crippen LogP contribution is 2.20. The van der Waals surface area contributed by atoms with Gasteiger partial charge in [0.25, 0.3) is 0 Å². The van der Waals surface area contributed by atoms with Crippen molar-refractivity contribution in [2.45, 2.75) is 45.6 Å². The summed E-state index contributed by atoms with van der Waals surface area (Å²) in [6, 6.07) is 5.79. The van der Waals surface area contributed by atoms with E-state index in [1.807, 2.05) is 20.8 Å². The van der Waals surface area contributed by atoms with E-state index in [0.717, 1.165) is 5.56 Å². The van der Waals surface area contributed by atoms with Crippen LogP contribution in [0.3, 0.4) is 0 Å². The summed E-state index contributed by atoms with van der Waals surface area (Å²) in [4.78, 5) is 27.2. The third-order valence-electron chi connectivity index (χ3n) is 3.43. The van der Waals surface area contributed by atoms with Crippen molar-refractivity contribution in [3.63, 3.8) is 0 Å². The van der Waals surface area contributed by atoms with Crippen molar-refractivity contribution in [2.75, 3.05) is 0 Å². The third-order valence-corrected chi connectivity index (χ3v) is 3.43. The molecule has 24 heavy (non-hydrogen) atoms. The molecule has 1 amide bonds. The lowest BCUT2D eigenvalue weighted by atomic mass is 9.96. The van der Waals surface area contributed by atoms with E-state index in [2.05, 4.69) is 15.5 Å². The fourth-order valence-corrected chi connectivity index (χ4v) is 2.02. The van der Waals surface area contributed by atoms with E-state index in [1.165, 1.54) is 12.1 Å². The van der Waals surface area contributed by atoms with Crippen LogP contribution >= 0.6 is 0 Å². The fourth-order valence-electron chi connectivity index (χ4n) is 2.02. The highest BCUT2D eigenvalue weighted by atomic mass is 16.5. The average Bonchev–Trinajstić information content (AvgIpc) is 2.97. The van der Waals surface area contributed by atoms with Gasteiger partial charge in [0.1, 0.15) is 6.04 Å². The van der Waals surface area contributed by atoms with Gasteiger partial charge >= 0.3 is 5.97 Å². The van der Waals surface area contributed by atoms with E-state index < -0.39 is 12.0 Å². The van der Waals surface area contributed by atoms with Crippen LogP contribution in [0.1, 0.15) is 61.4 Å². The first-order chi connectivity index (χ1) is 11.2. The standard InChI is InChI=1S/C17H21N3O4/c1-10(14-19-16(20-24-14)17(2,3)4)18-13(21)9-11-5-7-12(8-6-11)15(22)23/h5-8,10H,9H2,1-4H3,(H,18,21)(H,22,23). The highest BCUT2D eigenvalue weighted by Gasteiger charge is 2.23. The maximum atomic E-state index is 12.1. The topological polar surface area (TPSA) is 105 Å². The van der Waals surface area contributed by atoms with Crippen LogP contribution in [0.2, 0.25) is 0 Å². The molecule has 0 fully saturated rings. The van der Waals surface area contributed by atoms with Crippen LogP contribution in [0.25, 0.3) is 0 Å². The van der Waals surface area contributed by atoms with Gasteiger partial charge in [-0.2, -0.15) is 4.98 Å². The molecular formula is C17H21N3O4. The first kappa shape index (κ1) is 17.7. The van der Waals surface area contributed by atoms with E-state index in [0.29, 0.717) is 11.7 Å². The number of benzene rings is 1. The van der Waals surface area contributed by atoms with Crippen LogP contribution < -0.4 is 5.32 Å². The Morgan fingerprint density at radius 3 is 2.38 bits per heavy atom. The zero-order chi connectivity index (χ0) is 17.9. The van der Waals surface area contributed by atoms with Crippen LogP contribution in [0.5, 0.6) is 0 Å². The highest BCUT2D eigenvalue weighted by molar-refractivity contribution is 5.87. The molecule has 0 bridgehead atoms. The number of carboxylic acid groups (broad SMARTS) is 1. The third kappa shape index (κ3) is 4.41. The van der Waals surface area contributed by atoms with Gasteiger partial charge < -0.3 is 14.9 Å². The summed E-state index contributed by atoms with van der Waals surface area (Å²) in [6.07, 6.45) is 0.143. The largest absolute Gasteiger partial charge is 0.478 e. The molecule has 1 atom stereocenters. The molecule has 0 aliphatic rings. The van der Waals surface area contributed by atoms with Crippen LogP contribution in [-0.2, 0) is 16.6 Å². The van der Waals surface area contributed by atoms with Crippen molar-refractivity contribution >= 4 is 11.9 Å². The molecular weight excluding hydrogens is 310 g/mol. The number of carbonyl (C=O) groups is 2.